The lowest BCUT2D eigenvalue weighted by Crippen LogP contribution is -2.39. The highest BCUT2D eigenvalue weighted by Crippen LogP contribution is 2.29. The number of halogens is 3. The molecule has 0 radical (unpaired) electrons. The average molecular weight is 469 g/mol. The number of aryl methyl sites for hydroxylation is 1. The molecule has 2 aromatic heterocycles. The van der Waals surface area contributed by atoms with Crippen LogP contribution in [0.15, 0.2) is 54.7 Å². The summed E-state index contributed by atoms with van der Waals surface area (Å²) in [4.78, 5) is 17.6. The van der Waals surface area contributed by atoms with E-state index in [0.29, 0.717) is 23.5 Å². The molecule has 2 aromatic carbocycles. The van der Waals surface area contributed by atoms with Gasteiger partial charge in [-0.2, -0.15) is 0 Å². The van der Waals surface area contributed by atoms with E-state index in [9.17, 15) is 13.6 Å². The molecule has 9 heteroatoms. The molecule has 4 aromatic rings. The number of anilines is 1. The Kier molecular flexibility index (Phi) is 5.38. The minimum absolute atomic E-state index is 0.205. The predicted molar refractivity (Wildman–Crippen MR) is 121 cm³/mol. The zero-order valence-electron chi connectivity index (χ0n) is 17.5. The second kappa shape index (κ2) is 8.37. The fourth-order valence-electron chi connectivity index (χ4n) is 4.01. The van der Waals surface area contributed by atoms with Crippen molar-refractivity contribution in [1.82, 2.24) is 14.7 Å². The molecule has 1 unspecified atom stereocenters. The molecule has 0 saturated carbocycles. The number of rotatable bonds is 5. The van der Waals surface area contributed by atoms with Crippen molar-refractivity contribution in [2.75, 3.05) is 5.32 Å². The molecule has 168 valence electrons. The molecule has 1 amide bonds. The summed E-state index contributed by atoms with van der Waals surface area (Å²) in [5, 5.41) is 6.54. The Balaban J connectivity index is 1.42. The van der Waals surface area contributed by atoms with Crippen LogP contribution in [0.5, 0.6) is 5.75 Å². The highest BCUT2D eigenvalue weighted by atomic mass is 35.5. The number of benzene rings is 2. The van der Waals surface area contributed by atoms with Crippen LogP contribution in [0.1, 0.15) is 27.3 Å². The highest BCUT2D eigenvalue weighted by Gasteiger charge is 2.26. The summed E-state index contributed by atoms with van der Waals surface area (Å²) >= 11 is 6.26. The van der Waals surface area contributed by atoms with Crippen LogP contribution in [-0.4, -0.2) is 21.5 Å². The molecular weight excluding hydrogens is 450 g/mol. The number of pyridine rings is 1. The van der Waals surface area contributed by atoms with E-state index in [1.807, 2.05) is 24.3 Å². The molecule has 0 spiro atoms. The van der Waals surface area contributed by atoms with Gasteiger partial charge in [-0.15, -0.1) is 0 Å². The fourth-order valence-corrected chi connectivity index (χ4v) is 4.20. The van der Waals surface area contributed by atoms with Gasteiger partial charge in [0, 0.05) is 24.4 Å². The Labute approximate surface area is 193 Å². The van der Waals surface area contributed by atoms with Crippen LogP contribution in [0.25, 0.3) is 5.65 Å². The van der Waals surface area contributed by atoms with Crippen molar-refractivity contribution in [3.8, 4) is 5.75 Å². The van der Waals surface area contributed by atoms with Gasteiger partial charge in [-0.1, -0.05) is 35.9 Å². The summed E-state index contributed by atoms with van der Waals surface area (Å²) in [6, 6.07) is 13.0. The van der Waals surface area contributed by atoms with Crippen molar-refractivity contribution < 1.29 is 18.3 Å². The first-order valence-corrected chi connectivity index (χ1v) is 10.7. The SMILES string of the molecule is Cc1nc2c(OCc3c(F)cccc3F)cc(Cl)cn2c1C(=O)NC1Cc2ccccc2N1. The van der Waals surface area contributed by atoms with Gasteiger partial charge in [0.1, 0.15) is 30.1 Å². The van der Waals surface area contributed by atoms with E-state index in [4.69, 9.17) is 16.3 Å². The van der Waals surface area contributed by atoms with Crippen molar-refractivity contribution in [3.63, 3.8) is 0 Å². The van der Waals surface area contributed by atoms with Gasteiger partial charge < -0.3 is 15.4 Å². The van der Waals surface area contributed by atoms with Gasteiger partial charge >= 0.3 is 0 Å². The Bertz CT molecular complexity index is 1340. The van der Waals surface area contributed by atoms with Gasteiger partial charge in [0.25, 0.3) is 5.91 Å². The number of amides is 1. The van der Waals surface area contributed by atoms with Gasteiger partial charge in [0.15, 0.2) is 11.4 Å². The molecule has 0 bridgehead atoms. The summed E-state index contributed by atoms with van der Waals surface area (Å²) in [6.45, 7) is 1.35. The molecule has 5 rings (SSSR count). The first kappa shape index (κ1) is 21.2. The molecule has 6 nitrogen and oxygen atoms in total. The van der Waals surface area contributed by atoms with E-state index in [-0.39, 0.29) is 35.0 Å². The number of para-hydroxylation sites is 1. The van der Waals surface area contributed by atoms with Crippen LogP contribution in [0.2, 0.25) is 5.02 Å². The van der Waals surface area contributed by atoms with Crippen molar-refractivity contribution in [1.29, 1.82) is 0 Å². The molecule has 0 saturated heterocycles. The molecule has 2 N–H and O–H groups in total. The summed E-state index contributed by atoms with van der Waals surface area (Å²) in [6.07, 6.45) is 1.94. The maximum Gasteiger partial charge on any atom is 0.271 e. The minimum atomic E-state index is -0.710. The van der Waals surface area contributed by atoms with Crippen LogP contribution in [-0.2, 0) is 13.0 Å². The molecule has 1 atom stereocenters. The largest absolute Gasteiger partial charge is 0.485 e. The van der Waals surface area contributed by atoms with E-state index in [1.165, 1.54) is 16.5 Å². The lowest BCUT2D eigenvalue weighted by Gasteiger charge is -2.14. The highest BCUT2D eigenvalue weighted by molar-refractivity contribution is 6.30. The third-order valence-electron chi connectivity index (χ3n) is 5.55. The summed E-state index contributed by atoms with van der Waals surface area (Å²) < 4.78 is 35.2. The molecule has 1 aliphatic rings. The van der Waals surface area contributed by atoms with Crippen LogP contribution in [0.3, 0.4) is 0 Å². The van der Waals surface area contributed by atoms with Crippen LogP contribution in [0.4, 0.5) is 14.5 Å². The van der Waals surface area contributed by atoms with Crippen molar-refractivity contribution in [3.05, 3.63) is 93.9 Å². The average Bonchev–Trinajstić information content (AvgIpc) is 3.32. The zero-order valence-corrected chi connectivity index (χ0v) is 18.3. The standard InChI is InChI=1S/C24H19ClF2N4O2/c1-13-22(24(32)30-21-9-14-5-2-3-8-19(14)29-21)31-11-15(25)10-20(23(31)28-13)33-12-16-17(26)6-4-7-18(16)27/h2-8,10-11,21,29H,9,12H2,1H3,(H,30,32). The normalized spacial score (nSPS) is 14.7. The number of nitrogens with zero attached hydrogens (tertiary/aromatic N) is 2. The molecule has 0 aliphatic carbocycles. The first-order chi connectivity index (χ1) is 15.9. The van der Waals surface area contributed by atoms with Crippen LogP contribution >= 0.6 is 11.6 Å². The third kappa shape index (κ3) is 3.98. The molecule has 33 heavy (non-hydrogen) atoms. The number of carbonyl (C=O) groups excluding carboxylic acids is 1. The summed E-state index contributed by atoms with van der Waals surface area (Å²) in [5.74, 6) is -1.55. The van der Waals surface area contributed by atoms with Crippen molar-refractivity contribution in [2.24, 2.45) is 0 Å². The topological polar surface area (TPSA) is 67.7 Å². The summed E-state index contributed by atoms with van der Waals surface area (Å²) in [5.41, 5.74) is 2.98. The Hall–Kier alpha value is -3.65. The summed E-state index contributed by atoms with van der Waals surface area (Å²) in [7, 11) is 0. The van der Waals surface area contributed by atoms with Gasteiger partial charge in [0.05, 0.1) is 16.3 Å². The number of aromatic nitrogens is 2. The Morgan fingerprint density at radius 2 is 2.00 bits per heavy atom. The smallest absolute Gasteiger partial charge is 0.271 e. The predicted octanol–water partition coefficient (Wildman–Crippen LogP) is 4.88. The molecule has 1 aliphatic heterocycles. The van der Waals surface area contributed by atoms with Crippen LogP contribution in [0, 0.1) is 18.6 Å². The first-order valence-electron chi connectivity index (χ1n) is 10.3. The lowest BCUT2D eigenvalue weighted by atomic mass is 10.1. The van der Waals surface area contributed by atoms with E-state index in [0.717, 1.165) is 23.4 Å². The van der Waals surface area contributed by atoms with E-state index >= 15 is 0 Å². The monoisotopic (exact) mass is 468 g/mol. The maximum atomic E-state index is 14.0. The van der Waals surface area contributed by atoms with Crippen molar-refractivity contribution >= 4 is 28.8 Å². The van der Waals surface area contributed by atoms with E-state index in [1.54, 1.807) is 13.1 Å². The number of hydrogen-bond donors (Lipinski definition) is 2. The quantitative estimate of drug-likeness (QED) is 0.438. The van der Waals surface area contributed by atoms with Crippen molar-refractivity contribution in [2.45, 2.75) is 26.1 Å². The van der Waals surface area contributed by atoms with E-state index < -0.39 is 11.6 Å². The maximum absolute atomic E-state index is 14.0. The number of nitrogens with one attached hydrogen (secondary N) is 2. The van der Waals surface area contributed by atoms with Crippen LogP contribution < -0.4 is 15.4 Å². The number of ether oxygens (including phenoxy) is 1. The van der Waals surface area contributed by atoms with E-state index in [2.05, 4.69) is 15.6 Å². The number of hydrogen-bond acceptors (Lipinski definition) is 4. The van der Waals surface area contributed by atoms with Gasteiger partial charge in [0.2, 0.25) is 0 Å². The number of fused-ring (bicyclic) bond motifs is 2. The van der Waals surface area contributed by atoms with Gasteiger partial charge in [-0.25, -0.2) is 13.8 Å². The molecule has 0 fully saturated rings. The third-order valence-corrected chi connectivity index (χ3v) is 5.76. The minimum Gasteiger partial charge on any atom is -0.485 e. The number of carbonyl (C=O) groups is 1. The Morgan fingerprint density at radius 3 is 2.76 bits per heavy atom. The molecular formula is C24H19ClF2N4O2. The second-order valence-electron chi connectivity index (χ2n) is 7.78. The second-order valence-corrected chi connectivity index (χ2v) is 8.22. The Morgan fingerprint density at radius 1 is 1.24 bits per heavy atom. The van der Waals surface area contributed by atoms with Gasteiger partial charge in [-0.3, -0.25) is 9.20 Å². The zero-order chi connectivity index (χ0) is 23.1. The fraction of sp³-hybridized carbons (Fsp3) is 0.167. The molecule has 3 heterocycles. The van der Waals surface area contributed by atoms with Gasteiger partial charge in [-0.05, 0) is 30.7 Å². The number of imidazole rings is 1. The lowest BCUT2D eigenvalue weighted by molar-refractivity contribution is 0.0936.